The molecule has 0 aliphatic carbocycles. The number of aryl methyl sites for hydroxylation is 1. The van der Waals surface area contributed by atoms with Crippen molar-refractivity contribution in [3.8, 4) is 0 Å². The number of rotatable bonds is 2. The molecule has 1 aliphatic heterocycles. The maximum absolute atomic E-state index is 4.41. The highest BCUT2D eigenvalue weighted by Gasteiger charge is 2.14. The minimum atomic E-state index is 0.585. The second-order valence-electron chi connectivity index (χ2n) is 4.69. The van der Waals surface area contributed by atoms with Crippen molar-refractivity contribution < 1.29 is 0 Å². The molecule has 0 bridgehead atoms. The highest BCUT2D eigenvalue weighted by atomic mass is 15.0. The monoisotopic (exact) mass is 230 g/mol. The molecule has 1 aliphatic rings. The van der Waals surface area contributed by atoms with Crippen LogP contribution in [-0.2, 0) is 7.05 Å². The van der Waals surface area contributed by atoms with Crippen molar-refractivity contribution in [3.05, 3.63) is 24.5 Å². The first-order valence-electron chi connectivity index (χ1n) is 6.22. The molecule has 4 heteroatoms. The maximum atomic E-state index is 4.41. The van der Waals surface area contributed by atoms with Gasteiger partial charge >= 0.3 is 0 Å². The minimum absolute atomic E-state index is 0.585. The highest BCUT2D eigenvalue weighted by molar-refractivity contribution is 5.89. The normalized spacial score (nSPS) is 17.5. The van der Waals surface area contributed by atoms with Gasteiger partial charge in [-0.2, -0.15) is 0 Å². The molecular weight excluding hydrogens is 212 g/mol. The van der Waals surface area contributed by atoms with Gasteiger partial charge in [0.25, 0.3) is 0 Å². The van der Waals surface area contributed by atoms with Crippen molar-refractivity contribution in [1.82, 2.24) is 14.9 Å². The van der Waals surface area contributed by atoms with E-state index >= 15 is 0 Å². The summed E-state index contributed by atoms with van der Waals surface area (Å²) in [7, 11) is 2.03. The van der Waals surface area contributed by atoms with E-state index in [1.807, 2.05) is 13.2 Å². The van der Waals surface area contributed by atoms with Gasteiger partial charge in [-0.25, -0.2) is 4.98 Å². The SMILES string of the molecule is Cn1ccc2c(NC3CCNCC3)ccnc21. The van der Waals surface area contributed by atoms with Crippen molar-refractivity contribution in [2.75, 3.05) is 18.4 Å². The first-order chi connectivity index (χ1) is 8.34. The molecule has 0 radical (unpaired) electrons. The van der Waals surface area contributed by atoms with Crippen LogP contribution in [0.15, 0.2) is 24.5 Å². The van der Waals surface area contributed by atoms with E-state index in [9.17, 15) is 0 Å². The average molecular weight is 230 g/mol. The number of anilines is 1. The van der Waals surface area contributed by atoms with Crippen LogP contribution in [0, 0.1) is 0 Å². The predicted molar refractivity (Wildman–Crippen MR) is 70.2 cm³/mol. The summed E-state index contributed by atoms with van der Waals surface area (Å²) in [5, 5.41) is 8.25. The number of pyridine rings is 1. The standard InChI is InChI=1S/C13H18N4/c1-17-9-5-11-12(4-8-15-13(11)17)16-10-2-6-14-7-3-10/h4-5,8-10,14H,2-3,6-7H2,1H3,(H,15,16). The van der Waals surface area contributed by atoms with E-state index in [-0.39, 0.29) is 0 Å². The van der Waals surface area contributed by atoms with E-state index in [2.05, 4.69) is 38.5 Å². The predicted octanol–water partition coefficient (Wildman–Crippen LogP) is 1.74. The summed E-state index contributed by atoms with van der Waals surface area (Å²) in [5.41, 5.74) is 2.26. The Labute approximate surface area is 101 Å². The summed E-state index contributed by atoms with van der Waals surface area (Å²) in [6, 6.07) is 4.79. The van der Waals surface area contributed by atoms with E-state index in [1.54, 1.807) is 0 Å². The maximum Gasteiger partial charge on any atom is 0.141 e. The average Bonchev–Trinajstić information content (AvgIpc) is 2.74. The summed E-state index contributed by atoms with van der Waals surface area (Å²) in [4.78, 5) is 4.41. The first-order valence-corrected chi connectivity index (χ1v) is 6.22. The summed E-state index contributed by atoms with van der Waals surface area (Å²) < 4.78 is 2.06. The van der Waals surface area contributed by atoms with E-state index in [4.69, 9.17) is 0 Å². The van der Waals surface area contributed by atoms with Gasteiger partial charge in [0.2, 0.25) is 0 Å². The number of aromatic nitrogens is 2. The third-order valence-electron chi connectivity index (χ3n) is 3.47. The Morgan fingerprint density at radius 3 is 3.00 bits per heavy atom. The van der Waals surface area contributed by atoms with Crippen molar-refractivity contribution in [2.45, 2.75) is 18.9 Å². The van der Waals surface area contributed by atoms with Crippen LogP contribution in [0.2, 0.25) is 0 Å². The molecule has 0 unspecified atom stereocenters. The summed E-state index contributed by atoms with van der Waals surface area (Å²) in [6.07, 6.45) is 6.32. The molecule has 0 saturated carbocycles. The fraction of sp³-hybridized carbons (Fsp3) is 0.462. The quantitative estimate of drug-likeness (QED) is 0.825. The molecule has 90 valence electrons. The summed E-state index contributed by atoms with van der Waals surface area (Å²) in [6.45, 7) is 2.22. The lowest BCUT2D eigenvalue weighted by atomic mass is 10.1. The van der Waals surface area contributed by atoms with Gasteiger partial charge in [0.1, 0.15) is 5.65 Å². The fourth-order valence-corrected chi connectivity index (χ4v) is 2.48. The fourth-order valence-electron chi connectivity index (χ4n) is 2.48. The number of hydrogen-bond donors (Lipinski definition) is 2. The van der Waals surface area contributed by atoms with Crippen molar-refractivity contribution in [2.24, 2.45) is 7.05 Å². The van der Waals surface area contributed by atoms with Gasteiger partial charge in [-0.05, 0) is 38.1 Å². The Balaban J connectivity index is 1.89. The van der Waals surface area contributed by atoms with E-state index in [0.717, 1.165) is 18.7 Å². The minimum Gasteiger partial charge on any atom is -0.382 e. The molecule has 2 N–H and O–H groups in total. The molecule has 17 heavy (non-hydrogen) atoms. The largest absolute Gasteiger partial charge is 0.382 e. The molecule has 0 atom stereocenters. The van der Waals surface area contributed by atoms with Gasteiger partial charge in [0.05, 0.1) is 0 Å². The molecule has 0 aromatic carbocycles. The number of nitrogens with zero attached hydrogens (tertiary/aromatic N) is 2. The lowest BCUT2D eigenvalue weighted by Gasteiger charge is -2.24. The molecule has 3 rings (SSSR count). The van der Waals surface area contributed by atoms with Crippen molar-refractivity contribution in [1.29, 1.82) is 0 Å². The lowest BCUT2D eigenvalue weighted by molar-refractivity contribution is 0.479. The molecule has 1 fully saturated rings. The van der Waals surface area contributed by atoms with Crippen LogP contribution in [0.4, 0.5) is 5.69 Å². The Kier molecular flexibility index (Phi) is 2.73. The molecular formula is C13H18N4. The lowest BCUT2D eigenvalue weighted by Crippen LogP contribution is -2.35. The third-order valence-corrected chi connectivity index (χ3v) is 3.47. The number of fused-ring (bicyclic) bond motifs is 1. The van der Waals surface area contributed by atoms with Gasteiger partial charge < -0.3 is 15.2 Å². The van der Waals surface area contributed by atoms with Crippen molar-refractivity contribution >= 4 is 16.7 Å². The highest BCUT2D eigenvalue weighted by Crippen LogP contribution is 2.23. The van der Waals surface area contributed by atoms with E-state index in [1.165, 1.54) is 23.9 Å². The van der Waals surface area contributed by atoms with Gasteiger partial charge in [-0.15, -0.1) is 0 Å². The molecule has 3 heterocycles. The number of hydrogen-bond acceptors (Lipinski definition) is 3. The molecule has 2 aromatic heterocycles. The summed E-state index contributed by atoms with van der Waals surface area (Å²) in [5.74, 6) is 0. The Morgan fingerprint density at radius 1 is 1.35 bits per heavy atom. The number of nitrogens with one attached hydrogen (secondary N) is 2. The molecule has 0 spiro atoms. The molecule has 0 amide bonds. The number of piperidine rings is 1. The molecule has 2 aromatic rings. The van der Waals surface area contributed by atoms with Crippen LogP contribution < -0.4 is 10.6 Å². The zero-order valence-electron chi connectivity index (χ0n) is 10.1. The molecule has 1 saturated heterocycles. The van der Waals surface area contributed by atoms with Crippen LogP contribution >= 0.6 is 0 Å². The second-order valence-corrected chi connectivity index (χ2v) is 4.69. The molecule has 4 nitrogen and oxygen atoms in total. The van der Waals surface area contributed by atoms with Gasteiger partial charge in [-0.3, -0.25) is 0 Å². The van der Waals surface area contributed by atoms with Gasteiger partial charge in [0.15, 0.2) is 0 Å². The van der Waals surface area contributed by atoms with Crippen LogP contribution in [0.25, 0.3) is 11.0 Å². The van der Waals surface area contributed by atoms with Gasteiger partial charge in [0, 0.05) is 36.6 Å². The Hall–Kier alpha value is -1.55. The summed E-state index contributed by atoms with van der Waals surface area (Å²) >= 11 is 0. The van der Waals surface area contributed by atoms with E-state index < -0.39 is 0 Å². The van der Waals surface area contributed by atoms with Crippen LogP contribution in [0.1, 0.15) is 12.8 Å². The van der Waals surface area contributed by atoms with Crippen LogP contribution in [0.5, 0.6) is 0 Å². The van der Waals surface area contributed by atoms with Crippen LogP contribution in [0.3, 0.4) is 0 Å². The first kappa shape index (κ1) is 10.6. The van der Waals surface area contributed by atoms with E-state index in [0.29, 0.717) is 6.04 Å². The zero-order valence-corrected chi connectivity index (χ0v) is 10.1. The third kappa shape index (κ3) is 2.00. The Bertz CT molecular complexity index is 511. The smallest absolute Gasteiger partial charge is 0.141 e. The second kappa shape index (κ2) is 4.37. The van der Waals surface area contributed by atoms with Gasteiger partial charge in [-0.1, -0.05) is 0 Å². The zero-order chi connectivity index (χ0) is 11.7. The van der Waals surface area contributed by atoms with Crippen LogP contribution in [-0.4, -0.2) is 28.7 Å². The topological polar surface area (TPSA) is 41.9 Å². The van der Waals surface area contributed by atoms with Crippen molar-refractivity contribution in [3.63, 3.8) is 0 Å². The Morgan fingerprint density at radius 2 is 2.18 bits per heavy atom.